The van der Waals surface area contributed by atoms with Crippen LogP contribution < -0.4 is 15.4 Å². The smallest absolute Gasteiger partial charge is 0.256 e. The van der Waals surface area contributed by atoms with Crippen LogP contribution in [0.3, 0.4) is 0 Å². The van der Waals surface area contributed by atoms with Gasteiger partial charge in [0.25, 0.3) is 5.91 Å². The lowest BCUT2D eigenvalue weighted by Gasteiger charge is -2.23. The highest BCUT2D eigenvalue weighted by molar-refractivity contribution is 7.83. The van der Waals surface area contributed by atoms with Crippen molar-refractivity contribution in [2.75, 3.05) is 18.4 Å². The summed E-state index contributed by atoms with van der Waals surface area (Å²) in [5, 5.41) is 8.00. The Labute approximate surface area is 179 Å². The van der Waals surface area contributed by atoms with Crippen LogP contribution in [0.15, 0.2) is 59.5 Å². The van der Waals surface area contributed by atoms with Crippen molar-refractivity contribution in [2.24, 2.45) is 0 Å². The molecule has 1 atom stereocenters. The van der Waals surface area contributed by atoms with Gasteiger partial charge in [-0.25, -0.2) is 8.93 Å². The number of carbonyl (C=O) groups is 1. The minimum Gasteiger partial charge on any atom is -0.322 e. The number of carbonyl (C=O) groups excluding carboxylic acids is 1. The summed E-state index contributed by atoms with van der Waals surface area (Å²) >= 11 is 0. The molecule has 0 aromatic heterocycles. The van der Waals surface area contributed by atoms with Crippen LogP contribution in [-0.2, 0) is 11.0 Å². The van der Waals surface area contributed by atoms with Gasteiger partial charge in [0, 0.05) is 17.3 Å². The largest absolute Gasteiger partial charge is 0.322 e. The molecule has 30 heavy (non-hydrogen) atoms. The number of amides is 1. The summed E-state index contributed by atoms with van der Waals surface area (Å²) < 4.78 is 16.3. The van der Waals surface area contributed by atoms with E-state index in [1.807, 2.05) is 62.4 Å². The molecule has 3 aromatic rings. The normalized spacial score (nSPS) is 15.8. The van der Waals surface area contributed by atoms with Crippen LogP contribution in [0.4, 0.5) is 5.69 Å². The molecule has 0 aliphatic carbocycles. The quantitative estimate of drug-likeness (QED) is 0.582. The fraction of sp³-hybridized carbons (Fsp3) is 0.292. The second kappa shape index (κ2) is 9.08. The topological polar surface area (TPSA) is 70.2 Å². The molecule has 3 aromatic carbocycles. The molecule has 1 unspecified atom stereocenters. The summed E-state index contributed by atoms with van der Waals surface area (Å²) in [5.74, 6) is -0.163. The van der Waals surface area contributed by atoms with E-state index in [1.165, 1.54) is 0 Å². The first kappa shape index (κ1) is 20.7. The van der Waals surface area contributed by atoms with E-state index < -0.39 is 11.0 Å². The number of hydrogen-bond acceptors (Lipinski definition) is 3. The highest BCUT2D eigenvalue weighted by atomic mass is 32.2. The molecule has 0 bridgehead atoms. The van der Waals surface area contributed by atoms with Crippen LogP contribution in [0.25, 0.3) is 10.8 Å². The Hall–Kier alpha value is -2.54. The van der Waals surface area contributed by atoms with Gasteiger partial charge in [-0.3, -0.25) is 4.79 Å². The zero-order chi connectivity index (χ0) is 21.1. The van der Waals surface area contributed by atoms with E-state index in [1.54, 1.807) is 6.07 Å². The zero-order valence-electron chi connectivity index (χ0n) is 17.3. The van der Waals surface area contributed by atoms with Gasteiger partial charge >= 0.3 is 0 Å². The number of hydrogen-bond donors (Lipinski definition) is 3. The third kappa shape index (κ3) is 4.31. The Balaban J connectivity index is 1.64. The maximum absolute atomic E-state index is 13.1. The molecule has 1 heterocycles. The van der Waals surface area contributed by atoms with Crippen molar-refractivity contribution in [3.63, 3.8) is 0 Å². The first-order valence-corrected chi connectivity index (χ1v) is 11.5. The highest BCUT2D eigenvalue weighted by Crippen LogP contribution is 2.27. The van der Waals surface area contributed by atoms with Crippen molar-refractivity contribution >= 4 is 33.4 Å². The molecule has 0 radical (unpaired) electrons. The number of fused-ring (bicyclic) bond motifs is 1. The lowest BCUT2D eigenvalue weighted by atomic mass is 10.0. The van der Waals surface area contributed by atoms with E-state index in [4.69, 9.17) is 0 Å². The lowest BCUT2D eigenvalue weighted by molar-refractivity contribution is 0.102. The van der Waals surface area contributed by atoms with Gasteiger partial charge in [0.15, 0.2) is 0 Å². The second-order valence-electron chi connectivity index (χ2n) is 7.77. The minimum absolute atomic E-state index is 0.163. The minimum atomic E-state index is -1.33. The van der Waals surface area contributed by atoms with Gasteiger partial charge in [-0.05, 0) is 79.9 Å². The molecule has 6 heteroatoms. The molecule has 1 fully saturated rings. The molecular weight excluding hydrogens is 394 g/mol. The van der Waals surface area contributed by atoms with Gasteiger partial charge < -0.3 is 10.6 Å². The molecule has 1 aliphatic rings. The fourth-order valence-electron chi connectivity index (χ4n) is 3.86. The summed E-state index contributed by atoms with van der Waals surface area (Å²) in [7, 11) is -1.33. The third-order valence-corrected chi connectivity index (χ3v) is 7.10. The predicted octanol–water partition coefficient (Wildman–Crippen LogP) is 4.07. The maximum Gasteiger partial charge on any atom is 0.256 e. The first-order valence-electron chi connectivity index (χ1n) is 10.3. The standard InChI is InChI=1S/C24H27N3O2S/c1-16-6-5-9-22(17(16)2)26-24(28)21-10-11-23(20-8-4-3-7-19(20)21)30(29)27-18-12-14-25-15-13-18/h3-11,18,25,27H,12-15H2,1-2H3,(H,26,28). The van der Waals surface area contributed by atoms with Crippen LogP contribution in [-0.4, -0.2) is 29.2 Å². The Bertz CT molecular complexity index is 1110. The maximum atomic E-state index is 13.1. The van der Waals surface area contributed by atoms with Crippen LogP contribution in [0, 0.1) is 13.8 Å². The van der Waals surface area contributed by atoms with Crippen molar-refractivity contribution in [3.05, 3.63) is 71.3 Å². The second-order valence-corrected chi connectivity index (χ2v) is 8.98. The molecule has 0 spiro atoms. The SMILES string of the molecule is Cc1cccc(NC(=O)c2ccc(S(=O)NC3CCNCC3)c3ccccc23)c1C. The van der Waals surface area contributed by atoms with E-state index in [0.717, 1.165) is 53.5 Å². The monoisotopic (exact) mass is 421 g/mol. The van der Waals surface area contributed by atoms with E-state index in [0.29, 0.717) is 10.5 Å². The summed E-state index contributed by atoms with van der Waals surface area (Å²) in [6, 6.07) is 17.4. The Morgan fingerprint density at radius 1 is 0.967 bits per heavy atom. The van der Waals surface area contributed by atoms with Gasteiger partial charge in [0.05, 0.1) is 4.90 Å². The first-order chi connectivity index (χ1) is 14.5. The lowest BCUT2D eigenvalue weighted by Crippen LogP contribution is -2.40. The summed E-state index contributed by atoms with van der Waals surface area (Å²) in [6.45, 7) is 5.90. The molecular formula is C24H27N3O2S. The van der Waals surface area contributed by atoms with Gasteiger partial charge in [-0.2, -0.15) is 0 Å². The highest BCUT2D eigenvalue weighted by Gasteiger charge is 2.19. The molecule has 0 saturated carbocycles. The molecule has 3 N–H and O–H groups in total. The number of anilines is 1. The van der Waals surface area contributed by atoms with Crippen LogP contribution >= 0.6 is 0 Å². The van der Waals surface area contributed by atoms with Gasteiger partial charge in [-0.15, -0.1) is 0 Å². The summed E-state index contributed by atoms with van der Waals surface area (Å²) in [6.07, 6.45) is 1.92. The number of rotatable bonds is 5. The summed E-state index contributed by atoms with van der Waals surface area (Å²) in [4.78, 5) is 13.8. The van der Waals surface area contributed by atoms with Gasteiger partial charge in [-0.1, -0.05) is 36.4 Å². The van der Waals surface area contributed by atoms with Crippen LogP contribution in [0.2, 0.25) is 0 Å². The van der Waals surface area contributed by atoms with Crippen molar-refractivity contribution < 1.29 is 9.00 Å². The van der Waals surface area contributed by atoms with Crippen molar-refractivity contribution in [2.45, 2.75) is 37.6 Å². The van der Waals surface area contributed by atoms with Crippen molar-refractivity contribution in [1.82, 2.24) is 10.0 Å². The number of piperidine rings is 1. The summed E-state index contributed by atoms with van der Waals surface area (Å²) in [5.41, 5.74) is 3.57. The van der Waals surface area contributed by atoms with E-state index >= 15 is 0 Å². The molecule has 156 valence electrons. The number of aryl methyl sites for hydroxylation is 1. The third-order valence-electron chi connectivity index (χ3n) is 5.79. The molecule has 1 saturated heterocycles. The van der Waals surface area contributed by atoms with Crippen molar-refractivity contribution in [3.8, 4) is 0 Å². The Morgan fingerprint density at radius 2 is 1.70 bits per heavy atom. The Kier molecular flexibility index (Phi) is 6.27. The fourth-order valence-corrected chi connectivity index (χ4v) is 5.10. The van der Waals surface area contributed by atoms with Gasteiger partial charge in [0.2, 0.25) is 0 Å². The average molecular weight is 422 g/mol. The van der Waals surface area contributed by atoms with E-state index in [-0.39, 0.29) is 11.9 Å². The molecule has 1 amide bonds. The molecule has 1 aliphatic heterocycles. The van der Waals surface area contributed by atoms with Crippen molar-refractivity contribution in [1.29, 1.82) is 0 Å². The average Bonchev–Trinajstić information content (AvgIpc) is 2.76. The van der Waals surface area contributed by atoms with E-state index in [9.17, 15) is 9.00 Å². The molecule has 4 rings (SSSR count). The number of nitrogens with one attached hydrogen (secondary N) is 3. The van der Waals surface area contributed by atoms with Crippen LogP contribution in [0.1, 0.15) is 34.3 Å². The Morgan fingerprint density at radius 3 is 2.47 bits per heavy atom. The number of benzene rings is 3. The zero-order valence-corrected chi connectivity index (χ0v) is 18.1. The molecule has 5 nitrogen and oxygen atoms in total. The van der Waals surface area contributed by atoms with Crippen LogP contribution in [0.5, 0.6) is 0 Å². The van der Waals surface area contributed by atoms with Gasteiger partial charge in [0.1, 0.15) is 11.0 Å². The van der Waals surface area contributed by atoms with E-state index in [2.05, 4.69) is 15.4 Å². The predicted molar refractivity (Wildman–Crippen MR) is 123 cm³/mol.